The average molecular weight is 400 g/mol. The van der Waals surface area contributed by atoms with Crippen molar-refractivity contribution >= 4 is 21.6 Å². The topological polar surface area (TPSA) is 60.9 Å². The molecule has 2 aliphatic rings. The fourth-order valence-corrected chi connectivity index (χ4v) is 4.98. The summed E-state index contributed by atoms with van der Waals surface area (Å²) in [5.41, 5.74) is 1.70. The second kappa shape index (κ2) is 7.56. The van der Waals surface area contributed by atoms with Crippen molar-refractivity contribution in [3.8, 4) is 0 Å². The van der Waals surface area contributed by atoms with Gasteiger partial charge in [0.15, 0.2) is 0 Å². The number of carbonyl (C=O) groups excluding carboxylic acids is 1. The Morgan fingerprint density at radius 3 is 2.11 bits per heavy atom. The van der Waals surface area contributed by atoms with Crippen LogP contribution >= 0.6 is 0 Å². The highest BCUT2D eigenvalue weighted by Gasteiger charge is 2.35. The van der Waals surface area contributed by atoms with Gasteiger partial charge in [0.2, 0.25) is 10.0 Å². The third-order valence-corrected chi connectivity index (χ3v) is 7.45. The zero-order chi connectivity index (χ0) is 19.7. The van der Waals surface area contributed by atoms with Gasteiger partial charge in [-0.25, -0.2) is 8.42 Å². The number of sulfonamides is 1. The fourth-order valence-electron chi connectivity index (χ4n) is 3.56. The number of para-hydroxylation sites is 1. The summed E-state index contributed by atoms with van der Waals surface area (Å²) in [6.07, 6.45) is 1.84. The predicted molar refractivity (Wildman–Crippen MR) is 109 cm³/mol. The van der Waals surface area contributed by atoms with Crippen LogP contribution in [0.3, 0.4) is 0 Å². The second-order valence-electron chi connectivity index (χ2n) is 7.39. The lowest BCUT2D eigenvalue weighted by molar-refractivity contribution is 0.0746. The van der Waals surface area contributed by atoms with Crippen molar-refractivity contribution in [2.75, 3.05) is 38.1 Å². The quantitative estimate of drug-likeness (QED) is 0.775. The Bertz CT molecular complexity index is 933. The smallest absolute Gasteiger partial charge is 0.253 e. The summed E-state index contributed by atoms with van der Waals surface area (Å²) in [6.45, 7) is 2.87. The van der Waals surface area contributed by atoms with Crippen LogP contribution in [-0.4, -0.2) is 62.8 Å². The number of hydrogen-bond acceptors (Lipinski definition) is 4. The molecule has 0 N–H and O–H groups in total. The molecule has 1 heterocycles. The maximum absolute atomic E-state index is 12.8. The van der Waals surface area contributed by atoms with E-state index in [9.17, 15) is 13.2 Å². The summed E-state index contributed by atoms with van der Waals surface area (Å²) >= 11 is 0. The minimum Gasteiger partial charge on any atom is -0.368 e. The normalized spacial score (nSPS) is 17.8. The Hall–Kier alpha value is -2.38. The number of anilines is 1. The van der Waals surface area contributed by atoms with Crippen molar-refractivity contribution in [2.45, 2.75) is 23.8 Å². The van der Waals surface area contributed by atoms with Crippen LogP contribution in [0, 0.1) is 0 Å². The van der Waals surface area contributed by atoms with Gasteiger partial charge in [-0.1, -0.05) is 18.2 Å². The molecule has 1 saturated heterocycles. The van der Waals surface area contributed by atoms with Crippen molar-refractivity contribution in [3.05, 3.63) is 60.2 Å². The molecule has 148 valence electrons. The van der Waals surface area contributed by atoms with Gasteiger partial charge in [-0.3, -0.25) is 4.79 Å². The van der Waals surface area contributed by atoms with Crippen LogP contribution in [0.1, 0.15) is 23.2 Å². The average Bonchev–Trinajstić information content (AvgIpc) is 3.59. The molecule has 1 aliphatic carbocycles. The first kappa shape index (κ1) is 19.0. The number of carbonyl (C=O) groups is 1. The summed E-state index contributed by atoms with van der Waals surface area (Å²) in [6, 6.07) is 16.6. The van der Waals surface area contributed by atoms with Crippen molar-refractivity contribution in [1.29, 1.82) is 0 Å². The second-order valence-corrected chi connectivity index (χ2v) is 9.39. The third kappa shape index (κ3) is 3.77. The highest BCUT2D eigenvalue weighted by atomic mass is 32.2. The summed E-state index contributed by atoms with van der Waals surface area (Å²) in [7, 11) is -1.86. The van der Waals surface area contributed by atoms with Gasteiger partial charge in [0.1, 0.15) is 0 Å². The lowest BCUT2D eigenvalue weighted by atomic mass is 10.1. The zero-order valence-corrected chi connectivity index (χ0v) is 16.8. The largest absolute Gasteiger partial charge is 0.368 e. The summed E-state index contributed by atoms with van der Waals surface area (Å²) in [5.74, 6) is -0.0489. The number of amides is 1. The summed E-state index contributed by atoms with van der Waals surface area (Å²) in [5, 5.41) is 0. The molecule has 6 nitrogen and oxygen atoms in total. The molecule has 28 heavy (non-hydrogen) atoms. The van der Waals surface area contributed by atoms with Gasteiger partial charge in [-0.2, -0.15) is 4.31 Å². The standard InChI is InChI=1S/C21H25N3O3S/c1-22(18-9-10-18)28(26,27)20-11-7-17(8-12-20)21(25)24-15-13-23(14-16-24)19-5-3-2-4-6-19/h2-8,11-12,18H,9-10,13-16H2,1H3. The van der Waals surface area contributed by atoms with E-state index in [-0.39, 0.29) is 16.8 Å². The molecule has 0 radical (unpaired) electrons. The molecule has 2 aromatic carbocycles. The highest BCUT2D eigenvalue weighted by Crippen LogP contribution is 2.30. The molecular formula is C21H25N3O3S. The van der Waals surface area contributed by atoms with E-state index < -0.39 is 10.0 Å². The molecule has 0 atom stereocenters. The molecule has 0 bridgehead atoms. The maximum atomic E-state index is 12.8. The Morgan fingerprint density at radius 2 is 1.54 bits per heavy atom. The molecule has 0 spiro atoms. The number of benzene rings is 2. The molecule has 0 aromatic heterocycles. The van der Waals surface area contributed by atoms with E-state index in [2.05, 4.69) is 17.0 Å². The van der Waals surface area contributed by atoms with Gasteiger partial charge in [0, 0.05) is 50.5 Å². The Balaban J connectivity index is 1.40. The molecule has 0 unspecified atom stereocenters. The predicted octanol–water partition coefficient (Wildman–Crippen LogP) is 2.43. The molecule has 1 amide bonds. The molecule has 1 aliphatic heterocycles. The van der Waals surface area contributed by atoms with Crippen LogP contribution in [0.2, 0.25) is 0 Å². The first-order valence-corrected chi connectivity index (χ1v) is 11.1. The molecule has 4 rings (SSSR count). The molecule has 7 heteroatoms. The minimum absolute atomic E-state index is 0.0489. The van der Waals surface area contributed by atoms with E-state index in [0.717, 1.165) is 25.9 Å². The summed E-state index contributed by atoms with van der Waals surface area (Å²) < 4.78 is 26.6. The Kier molecular flexibility index (Phi) is 5.12. The van der Waals surface area contributed by atoms with Gasteiger partial charge in [-0.15, -0.1) is 0 Å². The van der Waals surface area contributed by atoms with E-state index in [1.165, 1.54) is 9.99 Å². The van der Waals surface area contributed by atoms with E-state index in [4.69, 9.17) is 0 Å². The molecule has 2 fully saturated rings. The van der Waals surface area contributed by atoms with E-state index in [1.807, 2.05) is 23.1 Å². The van der Waals surface area contributed by atoms with Crippen molar-refractivity contribution in [1.82, 2.24) is 9.21 Å². The molecule has 1 saturated carbocycles. The number of piperazine rings is 1. The van der Waals surface area contributed by atoms with Gasteiger partial charge in [0.25, 0.3) is 5.91 Å². The number of nitrogens with zero attached hydrogens (tertiary/aromatic N) is 3. The van der Waals surface area contributed by atoms with Crippen LogP contribution in [0.25, 0.3) is 0 Å². The fraction of sp³-hybridized carbons (Fsp3) is 0.381. The number of rotatable bonds is 5. The van der Waals surface area contributed by atoms with Crippen LogP contribution in [0.5, 0.6) is 0 Å². The van der Waals surface area contributed by atoms with E-state index in [1.54, 1.807) is 31.3 Å². The lowest BCUT2D eigenvalue weighted by Gasteiger charge is -2.36. The third-order valence-electron chi connectivity index (χ3n) is 5.53. The van der Waals surface area contributed by atoms with Crippen LogP contribution < -0.4 is 4.90 Å². The van der Waals surface area contributed by atoms with Crippen LogP contribution in [0.4, 0.5) is 5.69 Å². The molecule has 2 aromatic rings. The van der Waals surface area contributed by atoms with E-state index >= 15 is 0 Å². The van der Waals surface area contributed by atoms with Gasteiger partial charge < -0.3 is 9.80 Å². The van der Waals surface area contributed by atoms with Crippen molar-refractivity contribution in [3.63, 3.8) is 0 Å². The van der Waals surface area contributed by atoms with Gasteiger partial charge in [0.05, 0.1) is 4.90 Å². The Morgan fingerprint density at radius 1 is 0.929 bits per heavy atom. The Labute approximate surface area is 166 Å². The van der Waals surface area contributed by atoms with Crippen LogP contribution in [-0.2, 0) is 10.0 Å². The first-order valence-electron chi connectivity index (χ1n) is 9.64. The zero-order valence-electron chi connectivity index (χ0n) is 16.0. The van der Waals surface area contributed by atoms with Crippen molar-refractivity contribution < 1.29 is 13.2 Å². The van der Waals surface area contributed by atoms with Gasteiger partial charge >= 0.3 is 0 Å². The maximum Gasteiger partial charge on any atom is 0.253 e. The monoisotopic (exact) mass is 399 g/mol. The highest BCUT2D eigenvalue weighted by molar-refractivity contribution is 7.89. The van der Waals surface area contributed by atoms with Crippen LogP contribution in [0.15, 0.2) is 59.5 Å². The van der Waals surface area contributed by atoms with Gasteiger partial charge in [-0.05, 0) is 49.2 Å². The molecular weight excluding hydrogens is 374 g/mol. The van der Waals surface area contributed by atoms with E-state index in [0.29, 0.717) is 18.7 Å². The van der Waals surface area contributed by atoms with Crippen molar-refractivity contribution in [2.24, 2.45) is 0 Å². The first-order chi connectivity index (χ1) is 13.5. The minimum atomic E-state index is -3.48. The lowest BCUT2D eigenvalue weighted by Crippen LogP contribution is -2.48. The number of hydrogen-bond donors (Lipinski definition) is 0. The summed E-state index contributed by atoms with van der Waals surface area (Å²) in [4.78, 5) is 17.2. The SMILES string of the molecule is CN(C1CC1)S(=O)(=O)c1ccc(C(=O)N2CCN(c3ccccc3)CC2)cc1.